The molecule has 18 rings (SSSR count). The number of fused-ring (bicyclic) bond motifs is 21. The van der Waals surface area contributed by atoms with Gasteiger partial charge in [-0.25, -0.2) is 0 Å². The first kappa shape index (κ1) is 47.0. The predicted octanol–water partition coefficient (Wildman–Crippen LogP) is 20.1. The van der Waals surface area contributed by atoms with Crippen molar-refractivity contribution in [1.82, 2.24) is 0 Å². The largest absolute Gasteiger partial charge is 0.457 e. The van der Waals surface area contributed by atoms with Gasteiger partial charge >= 0.3 is 0 Å². The highest BCUT2D eigenvalue weighted by Crippen LogP contribution is 2.65. The Balaban J connectivity index is 0.864. The molecule has 0 saturated heterocycles. The lowest BCUT2D eigenvalue weighted by molar-refractivity contribution is 0.436. The minimum absolute atomic E-state index is 0.503. The van der Waals surface area contributed by atoms with Crippen molar-refractivity contribution in [2.24, 2.45) is 0 Å². The molecule has 0 fully saturated rings. The van der Waals surface area contributed by atoms with Gasteiger partial charge in [0.05, 0.1) is 16.2 Å². The van der Waals surface area contributed by atoms with E-state index in [9.17, 15) is 0 Å². The van der Waals surface area contributed by atoms with Crippen LogP contribution >= 0.6 is 0 Å². The van der Waals surface area contributed by atoms with Crippen LogP contribution in [0.25, 0.3) is 44.5 Å². The van der Waals surface area contributed by atoms with Gasteiger partial charge in [-0.2, -0.15) is 0 Å². The molecule has 5 aliphatic rings. The second-order valence-corrected chi connectivity index (χ2v) is 22.9. The van der Waals surface area contributed by atoms with E-state index in [-0.39, 0.29) is 0 Å². The maximum absolute atomic E-state index is 6.81. The summed E-state index contributed by atoms with van der Waals surface area (Å²) in [7, 11) is 0. The molecule has 3 nitrogen and oxygen atoms in total. The smallest absolute Gasteiger partial charge is 0.132 e. The number of ether oxygens (including phenoxy) is 2. The Kier molecular flexibility index (Phi) is 9.86. The Bertz CT molecular complexity index is 4730. The van der Waals surface area contributed by atoms with E-state index >= 15 is 0 Å². The van der Waals surface area contributed by atoms with Crippen LogP contribution in [0.4, 0.5) is 17.1 Å². The number of hydrogen-bond acceptors (Lipinski definition) is 3. The monoisotopic (exact) mass is 1070 g/mol. The summed E-state index contributed by atoms with van der Waals surface area (Å²) in [6, 6.07) is 114. The van der Waals surface area contributed by atoms with Crippen LogP contribution < -0.4 is 14.4 Å². The summed E-state index contributed by atoms with van der Waals surface area (Å²) in [5.74, 6) is 3.51. The summed E-state index contributed by atoms with van der Waals surface area (Å²) in [6.45, 7) is 0. The zero-order valence-corrected chi connectivity index (χ0v) is 45.7. The van der Waals surface area contributed by atoms with E-state index in [1.807, 2.05) is 0 Å². The van der Waals surface area contributed by atoms with Gasteiger partial charge in [0, 0.05) is 39.3 Å². The molecule has 3 heteroatoms. The third-order valence-corrected chi connectivity index (χ3v) is 19.1. The van der Waals surface area contributed by atoms with Crippen LogP contribution in [0, 0.1) is 0 Å². The first-order valence-corrected chi connectivity index (χ1v) is 29.1. The minimum Gasteiger partial charge on any atom is -0.457 e. The highest BCUT2D eigenvalue weighted by Gasteiger charge is 2.53. The topological polar surface area (TPSA) is 21.7 Å². The normalized spacial score (nSPS) is 14.7. The van der Waals surface area contributed by atoms with E-state index in [0.717, 1.165) is 67.9 Å². The van der Waals surface area contributed by atoms with Gasteiger partial charge in [0.15, 0.2) is 0 Å². The number of rotatable bonds is 6. The standard InChI is InChI=1S/C81H51NO2/c1-3-22-53(23-4-1)79(54-24-5-2-6-25-54)66-32-12-9-28-62(66)78-58(29-21-37-72(78)79)52-42-44-55(45-43-52)82(56-47-49-67-63(50-56)60-27-8-11-31-65(60)80(67)68-33-13-17-38-74(68)83-75-39-18-14-34-69(75)80)57-46-48-61-59-26-7-10-30-64(59)81(73(61)51-57)70-35-15-19-40-76(70)84-77-41-20-16-36-71(77)81/h1-51H. The van der Waals surface area contributed by atoms with Crippen LogP contribution in [0.3, 0.4) is 0 Å². The molecule has 84 heavy (non-hydrogen) atoms. The van der Waals surface area contributed by atoms with Crippen molar-refractivity contribution >= 4 is 17.1 Å². The molecular formula is C81H51NO2. The summed E-state index contributed by atoms with van der Waals surface area (Å²) in [4.78, 5) is 2.48. The van der Waals surface area contributed by atoms with Gasteiger partial charge in [0.25, 0.3) is 0 Å². The average molecular weight is 1070 g/mol. The van der Waals surface area contributed by atoms with Crippen LogP contribution in [0.1, 0.15) is 66.8 Å². The molecule has 0 radical (unpaired) electrons. The highest BCUT2D eigenvalue weighted by atomic mass is 16.5. The molecule has 2 aliphatic heterocycles. The van der Waals surface area contributed by atoms with Gasteiger partial charge in [-0.1, -0.05) is 249 Å². The fourth-order valence-corrected chi connectivity index (χ4v) is 15.9. The van der Waals surface area contributed by atoms with E-state index in [1.54, 1.807) is 0 Å². The quantitative estimate of drug-likeness (QED) is 0.166. The van der Waals surface area contributed by atoms with Gasteiger partial charge in [-0.05, 0) is 150 Å². The lowest BCUT2D eigenvalue weighted by Gasteiger charge is -2.40. The van der Waals surface area contributed by atoms with Crippen LogP contribution in [0.2, 0.25) is 0 Å². The van der Waals surface area contributed by atoms with Crippen molar-refractivity contribution in [1.29, 1.82) is 0 Å². The number of hydrogen-bond donors (Lipinski definition) is 0. The van der Waals surface area contributed by atoms with Crippen molar-refractivity contribution in [3.05, 3.63) is 376 Å². The van der Waals surface area contributed by atoms with Crippen molar-refractivity contribution < 1.29 is 9.47 Å². The fourth-order valence-electron chi connectivity index (χ4n) is 15.9. The van der Waals surface area contributed by atoms with Gasteiger partial charge in [0.2, 0.25) is 0 Å². The van der Waals surface area contributed by atoms with Crippen LogP contribution in [-0.4, -0.2) is 0 Å². The lowest BCUT2D eigenvalue weighted by Crippen LogP contribution is -2.32. The lowest BCUT2D eigenvalue weighted by atomic mass is 9.66. The molecule has 3 aliphatic carbocycles. The van der Waals surface area contributed by atoms with E-state index < -0.39 is 16.2 Å². The van der Waals surface area contributed by atoms with E-state index in [0.29, 0.717) is 0 Å². The number of nitrogens with zero attached hydrogens (tertiary/aromatic N) is 1. The molecule has 0 aromatic heterocycles. The molecule has 392 valence electrons. The average Bonchev–Trinajstić information content (AvgIpc) is 2.38. The molecule has 0 atom stereocenters. The maximum atomic E-state index is 6.81. The van der Waals surface area contributed by atoms with Gasteiger partial charge in [0.1, 0.15) is 23.0 Å². The summed E-state index contributed by atoms with van der Waals surface area (Å²) >= 11 is 0. The SMILES string of the molecule is c1ccc(C2(c3ccccc3)c3ccccc3-c3c(-c4ccc(N(c5ccc6c(c5)-c5ccccc5C65c6ccccc6Oc6ccccc65)c5ccc6c(c5)C5(c7ccccc7Oc7ccccc75)c5ccccc5-6)cc4)cccc32)cc1. The molecule has 0 amide bonds. The molecule has 13 aromatic rings. The first-order chi connectivity index (χ1) is 41.7. The van der Waals surface area contributed by atoms with E-state index in [2.05, 4.69) is 314 Å². The molecule has 0 bridgehead atoms. The highest BCUT2D eigenvalue weighted by molar-refractivity contribution is 5.98. The van der Waals surface area contributed by atoms with E-state index in [4.69, 9.17) is 9.47 Å². The second kappa shape index (κ2) is 17.6. The minimum atomic E-state index is -0.644. The molecule has 0 N–H and O–H groups in total. The zero-order chi connectivity index (χ0) is 55.1. The summed E-state index contributed by atoms with van der Waals surface area (Å²) in [5, 5.41) is 0. The van der Waals surface area contributed by atoms with Crippen LogP contribution in [-0.2, 0) is 16.2 Å². The number of benzene rings is 13. The van der Waals surface area contributed by atoms with Gasteiger partial charge in [-0.3, -0.25) is 0 Å². The number of para-hydroxylation sites is 4. The summed E-state index contributed by atoms with van der Waals surface area (Å²) < 4.78 is 13.5. The fraction of sp³-hybridized carbons (Fsp3) is 0.0370. The third kappa shape index (κ3) is 6.09. The summed E-state index contributed by atoms with van der Waals surface area (Å²) in [6.07, 6.45) is 0. The van der Waals surface area contributed by atoms with Gasteiger partial charge in [-0.15, -0.1) is 0 Å². The Hall–Kier alpha value is -10.7. The number of anilines is 3. The van der Waals surface area contributed by atoms with E-state index in [1.165, 1.54) is 83.5 Å². The summed E-state index contributed by atoms with van der Waals surface area (Å²) in [5.41, 5.74) is 25.9. The van der Waals surface area contributed by atoms with Crippen LogP contribution in [0.5, 0.6) is 23.0 Å². The molecule has 0 unspecified atom stereocenters. The van der Waals surface area contributed by atoms with Gasteiger partial charge < -0.3 is 14.4 Å². The van der Waals surface area contributed by atoms with Crippen molar-refractivity contribution in [2.45, 2.75) is 16.2 Å². The predicted molar refractivity (Wildman–Crippen MR) is 339 cm³/mol. The first-order valence-electron chi connectivity index (χ1n) is 29.1. The molecule has 13 aromatic carbocycles. The Morgan fingerprint density at radius 3 is 1.13 bits per heavy atom. The third-order valence-electron chi connectivity index (χ3n) is 19.1. The zero-order valence-electron chi connectivity index (χ0n) is 45.7. The van der Waals surface area contributed by atoms with Crippen LogP contribution in [0.15, 0.2) is 309 Å². The molecular weight excluding hydrogens is 1020 g/mol. The molecule has 0 saturated carbocycles. The van der Waals surface area contributed by atoms with Crippen molar-refractivity contribution in [3.63, 3.8) is 0 Å². The van der Waals surface area contributed by atoms with Crippen molar-refractivity contribution in [3.8, 4) is 67.5 Å². The molecule has 2 spiro atoms. The molecule has 2 heterocycles. The Morgan fingerprint density at radius 2 is 0.583 bits per heavy atom. The maximum Gasteiger partial charge on any atom is 0.132 e. The van der Waals surface area contributed by atoms with Crippen molar-refractivity contribution in [2.75, 3.05) is 4.90 Å². The Labute approximate surface area is 488 Å². The second-order valence-electron chi connectivity index (χ2n) is 22.9. The Morgan fingerprint density at radius 1 is 0.214 bits per heavy atom.